The predicted octanol–water partition coefficient (Wildman–Crippen LogP) is 1.86. The number of halogens is 1. The summed E-state index contributed by atoms with van der Waals surface area (Å²) in [6.45, 7) is 3.74. The van der Waals surface area contributed by atoms with Gasteiger partial charge in [0.15, 0.2) is 9.84 Å². The van der Waals surface area contributed by atoms with Crippen molar-refractivity contribution in [2.75, 3.05) is 30.0 Å². The van der Waals surface area contributed by atoms with E-state index in [1.807, 2.05) is 18.0 Å². The summed E-state index contributed by atoms with van der Waals surface area (Å²) in [5.74, 6) is 1.24. The number of rotatable bonds is 6. The number of hydrogen-bond donors (Lipinski definition) is 1. The van der Waals surface area contributed by atoms with Crippen LogP contribution in [0.15, 0.2) is 12.3 Å². The molecule has 0 bridgehead atoms. The number of hydrogen-bond acceptors (Lipinski definition) is 5. The van der Waals surface area contributed by atoms with Gasteiger partial charge in [0.2, 0.25) is 0 Å². The smallest absolute Gasteiger partial charge is 0.152 e. The Morgan fingerprint density at radius 1 is 1.52 bits per heavy atom. The zero-order valence-corrected chi connectivity index (χ0v) is 14.0. The van der Waals surface area contributed by atoms with Gasteiger partial charge >= 0.3 is 0 Å². The second kappa shape index (κ2) is 6.94. The quantitative estimate of drug-likeness (QED) is 0.806. The van der Waals surface area contributed by atoms with Crippen molar-refractivity contribution < 1.29 is 8.42 Å². The lowest BCUT2D eigenvalue weighted by molar-refractivity contribution is 0.600. The number of nitrogens with one attached hydrogen (secondary N) is 1. The van der Waals surface area contributed by atoms with E-state index in [-0.39, 0.29) is 17.5 Å². The van der Waals surface area contributed by atoms with Crippen molar-refractivity contribution in [3.05, 3.63) is 22.8 Å². The largest absolute Gasteiger partial charge is 0.356 e. The Balaban J connectivity index is 2.10. The van der Waals surface area contributed by atoms with Crippen LogP contribution in [0.2, 0.25) is 5.02 Å². The highest BCUT2D eigenvalue weighted by Crippen LogP contribution is 2.24. The van der Waals surface area contributed by atoms with Gasteiger partial charge < -0.3 is 10.2 Å². The predicted molar refractivity (Wildman–Crippen MR) is 86.7 cm³/mol. The van der Waals surface area contributed by atoms with E-state index < -0.39 is 9.84 Å². The molecule has 0 amide bonds. The van der Waals surface area contributed by atoms with Gasteiger partial charge in [-0.3, -0.25) is 0 Å². The standard InChI is InChI=1S/C14H22ClN3O2S/c1-3-5-16-8-11-7-14(17-9-13(11)15)18(2)12-4-6-21(19,20)10-12/h7,9,12,16H,3-6,8,10H2,1-2H3. The van der Waals surface area contributed by atoms with Crippen LogP contribution < -0.4 is 10.2 Å². The number of anilines is 1. The summed E-state index contributed by atoms with van der Waals surface area (Å²) in [6, 6.07) is 1.94. The second-order valence-corrected chi connectivity index (χ2v) is 8.11. The minimum atomic E-state index is -2.89. The summed E-state index contributed by atoms with van der Waals surface area (Å²) in [6.07, 6.45) is 3.36. The molecular weight excluding hydrogens is 310 g/mol. The molecule has 0 saturated carbocycles. The number of sulfone groups is 1. The molecule has 7 heteroatoms. The van der Waals surface area contributed by atoms with E-state index in [0.717, 1.165) is 24.3 Å². The minimum absolute atomic E-state index is 0.000117. The minimum Gasteiger partial charge on any atom is -0.356 e. The van der Waals surface area contributed by atoms with E-state index in [4.69, 9.17) is 11.6 Å². The molecule has 0 spiro atoms. The van der Waals surface area contributed by atoms with Crippen LogP contribution >= 0.6 is 11.6 Å². The van der Waals surface area contributed by atoms with Crippen LogP contribution in [0.1, 0.15) is 25.3 Å². The maximum absolute atomic E-state index is 11.6. The Labute approximate surface area is 131 Å². The Hall–Kier alpha value is -0.850. The molecule has 1 saturated heterocycles. The van der Waals surface area contributed by atoms with E-state index in [0.29, 0.717) is 18.0 Å². The lowest BCUT2D eigenvalue weighted by atomic mass is 10.2. The average Bonchev–Trinajstić information content (AvgIpc) is 2.80. The van der Waals surface area contributed by atoms with Crippen LogP contribution in [0.5, 0.6) is 0 Å². The van der Waals surface area contributed by atoms with E-state index in [1.54, 1.807) is 6.20 Å². The third-order valence-electron chi connectivity index (χ3n) is 3.78. The highest BCUT2D eigenvalue weighted by atomic mass is 35.5. The van der Waals surface area contributed by atoms with Crippen molar-refractivity contribution in [1.29, 1.82) is 0 Å². The fourth-order valence-corrected chi connectivity index (χ4v) is 4.41. The van der Waals surface area contributed by atoms with Crippen molar-refractivity contribution in [3.63, 3.8) is 0 Å². The molecule has 1 aromatic rings. The summed E-state index contributed by atoms with van der Waals surface area (Å²) in [4.78, 5) is 6.28. The molecule has 118 valence electrons. The summed E-state index contributed by atoms with van der Waals surface area (Å²) >= 11 is 6.17. The van der Waals surface area contributed by atoms with Gasteiger partial charge in [0.1, 0.15) is 5.82 Å². The number of pyridine rings is 1. The molecule has 2 heterocycles. The summed E-state index contributed by atoms with van der Waals surface area (Å²) in [7, 11) is -0.998. The molecule has 1 aliphatic rings. The Bertz CT molecular complexity index is 592. The van der Waals surface area contributed by atoms with Crippen LogP contribution in [-0.2, 0) is 16.4 Å². The summed E-state index contributed by atoms with van der Waals surface area (Å²) < 4.78 is 23.2. The lowest BCUT2D eigenvalue weighted by Crippen LogP contribution is -2.33. The lowest BCUT2D eigenvalue weighted by Gasteiger charge is -2.25. The Morgan fingerprint density at radius 2 is 2.29 bits per heavy atom. The zero-order chi connectivity index (χ0) is 15.5. The van der Waals surface area contributed by atoms with Crippen LogP contribution in [0.25, 0.3) is 0 Å². The van der Waals surface area contributed by atoms with E-state index >= 15 is 0 Å². The molecule has 21 heavy (non-hydrogen) atoms. The fourth-order valence-electron chi connectivity index (χ4n) is 2.46. The second-order valence-electron chi connectivity index (χ2n) is 5.48. The molecule has 0 radical (unpaired) electrons. The molecule has 1 N–H and O–H groups in total. The van der Waals surface area contributed by atoms with Crippen molar-refractivity contribution in [1.82, 2.24) is 10.3 Å². The molecule has 1 aliphatic heterocycles. The highest BCUT2D eigenvalue weighted by molar-refractivity contribution is 7.91. The Morgan fingerprint density at radius 3 is 2.90 bits per heavy atom. The van der Waals surface area contributed by atoms with Crippen molar-refractivity contribution in [3.8, 4) is 0 Å². The van der Waals surface area contributed by atoms with Gasteiger partial charge in [-0.05, 0) is 31.0 Å². The molecule has 1 unspecified atom stereocenters. The van der Waals surface area contributed by atoms with E-state index in [1.165, 1.54) is 0 Å². The SMILES string of the molecule is CCCNCc1cc(N(C)C2CCS(=O)(=O)C2)ncc1Cl. The average molecular weight is 332 g/mol. The van der Waals surface area contributed by atoms with Crippen LogP contribution in [0.3, 0.4) is 0 Å². The van der Waals surface area contributed by atoms with Gasteiger partial charge in [-0.2, -0.15) is 0 Å². The van der Waals surface area contributed by atoms with Gasteiger partial charge in [-0.15, -0.1) is 0 Å². The third-order valence-corrected chi connectivity index (χ3v) is 5.87. The number of aromatic nitrogens is 1. The van der Waals surface area contributed by atoms with Crippen LogP contribution in [-0.4, -0.2) is 44.5 Å². The third kappa shape index (κ3) is 4.31. The van der Waals surface area contributed by atoms with Crippen molar-refractivity contribution >= 4 is 27.3 Å². The molecule has 1 fully saturated rings. The zero-order valence-electron chi connectivity index (χ0n) is 12.5. The molecule has 2 rings (SSSR count). The van der Waals surface area contributed by atoms with Gasteiger partial charge in [0.05, 0.1) is 16.5 Å². The van der Waals surface area contributed by atoms with Gasteiger partial charge in [-0.1, -0.05) is 18.5 Å². The van der Waals surface area contributed by atoms with Crippen LogP contribution in [0.4, 0.5) is 5.82 Å². The molecule has 0 aromatic carbocycles. The molecule has 1 aromatic heterocycles. The maximum Gasteiger partial charge on any atom is 0.152 e. The fraction of sp³-hybridized carbons (Fsp3) is 0.643. The normalized spacial score (nSPS) is 20.6. The van der Waals surface area contributed by atoms with Gasteiger partial charge in [-0.25, -0.2) is 13.4 Å². The van der Waals surface area contributed by atoms with Gasteiger partial charge in [0.25, 0.3) is 0 Å². The monoisotopic (exact) mass is 331 g/mol. The first-order valence-electron chi connectivity index (χ1n) is 7.21. The molecule has 0 aliphatic carbocycles. The van der Waals surface area contributed by atoms with Crippen LogP contribution in [0, 0.1) is 0 Å². The summed E-state index contributed by atoms with van der Waals surface area (Å²) in [5, 5.41) is 3.95. The van der Waals surface area contributed by atoms with E-state index in [9.17, 15) is 8.42 Å². The van der Waals surface area contributed by atoms with Crippen molar-refractivity contribution in [2.24, 2.45) is 0 Å². The first-order valence-corrected chi connectivity index (χ1v) is 9.41. The van der Waals surface area contributed by atoms with Crippen molar-refractivity contribution in [2.45, 2.75) is 32.4 Å². The van der Waals surface area contributed by atoms with Gasteiger partial charge in [0, 0.05) is 25.8 Å². The number of nitrogens with zero attached hydrogens (tertiary/aromatic N) is 2. The molecule has 5 nitrogen and oxygen atoms in total. The summed E-state index contributed by atoms with van der Waals surface area (Å²) in [5.41, 5.74) is 0.989. The topological polar surface area (TPSA) is 62.3 Å². The molecule has 1 atom stereocenters. The first-order chi connectivity index (χ1) is 9.93. The molecular formula is C14H22ClN3O2S. The maximum atomic E-state index is 11.6. The highest BCUT2D eigenvalue weighted by Gasteiger charge is 2.31. The Kier molecular flexibility index (Phi) is 5.46. The first kappa shape index (κ1) is 16.5. The van der Waals surface area contributed by atoms with E-state index in [2.05, 4.69) is 17.2 Å².